The quantitative estimate of drug-likeness (QED) is 0.694. The molecule has 0 radical (unpaired) electrons. The van der Waals surface area contributed by atoms with Gasteiger partial charge in [-0.2, -0.15) is 0 Å². The molecular weight excluding hydrogens is 214 g/mol. The van der Waals surface area contributed by atoms with Crippen molar-refractivity contribution in [1.29, 1.82) is 0 Å². The Bertz CT molecular complexity index is 378. The van der Waals surface area contributed by atoms with Crippen LogP contribution in [0.3, 0.4) is 0 Å². The van der Waals surface area contributed by atoms with E-state index in [9.17, 15) is 13.9 Å². The number of nitrogens with two attached hydrogens (primary N) is 1. The number of rotatable bonds is 4. The molecule has 0 bridgehead atoms. The van der Waals surface area contributed by atoms with Gasteiger partial charge in [0.25, 0.3) is 0 Å². The van der Waals surface area contributed by atoms with Crippen LogP contribution in [0.5, 0.6) is 0 Å². The Morgan fingerprint density at radius 3 is 2.56 bits per heavy atom. The summed E-state index contributed by atoms with van der Waals surface area (Å²) in [7, 11) is 0. The normalized spacial score (nSPS) is 14.6. The van der Waals surface area contributed by atoms with Crippen molar-refractivity contribution >= 4 is 11.4 Å². The Hall–Kier alpha value is -1.36. The van der Waals surface area contributed by atoms with Gasteiger partial charge in [0.2, 0.25) is 0 Å². The van der Waals surface area contributed by atoms with Gasteiger partial charge < -0.3 is 16.2 Å². The lowest BCUT2D eigenvalue weighted by molar-refractivity contribution is 0.218. The van der Waals surface area contributed by atoms with Crippen LogP contribution in [-0.2, 0) is 0 Å². The zero-order valence-electron chi connectivity index (χ0n) is 9.35. The number of anilines is 2. The van der Waals surface area contributed by atoms with Gasteiger partial charge in [-0.05, 0) is 25.5 Å². The monoisotopic (exact) mass is 230 g/mol. The molecule has 0 saturated carbocycles. The van der Waals surface area contributed by atoms with Crippen LogP contribution in [-0.4, -0.2) is 17.3 Å². The van der Waals surface area contributed by atoms with E-state index in [1.165, 1.54) is 6.07 Å². The average molecular weight is 230 g/mol. The average Bonchev–Trinajstić information content (AvgIpc) is 2.29. The number of hydrogen-bond acceptors (Lipinski definition) is 3. The van der Waals surface area contributed by atoms with Crippen molar-refractivity contribution in [1.82, 2.24) is 0 Å². The van der Waals surface area contributed by atoms with E-state index >= 15 is 0 Å². The summed E-state index contributed by atoms with van der Waals surface area (Å²) >= 11 is 0. The van der Waals surface area contributed by atoms with E-state index in [2.05, 4.69) is 5.32 Å². The minimum absolute atomic E-state index is 0.0987. The SMILES string of the molecule is CCC(C)(CO)Nc1c(N)ccc(F)c1F. The molecule has 4 N–H and O–H groups in total. The summed E-state index contributed by atoms with van der Waals surface area (Å²) in [5, 5.41) is 11.9. The highest BCUT2D eigenvalue weighted by Crippen LogP contribution is 2.28. The zero-order chi connectivity index (χ0) is 12.3. The van der Waals surface area contributed by atoms with Crippen LogP contribution >= 0.6 is 0 Å². The third-order valence-corrected chi connectivity index (χ3v) is 2.68. The van der Waals surface area contributed by atoms with E-state index in [-0.39, 0.29) is 18.0 Å². The molecule has 0 aliphatic heterocycles. The summed E-state index contributed by atoms with van der Waals surface area (Å²) in [6.07, 6.45) is 0.554. The molecular formula is C11H16F2N2O. The molecule has 90 valence electrons. The van der Waals surface area contributed by atoms with Crippen LogP contribution in [0.1, 0.15) is 20.3 Å². The summed E-state index contributed by atoms with van der Waals surface area (Å²) in [5.41, 5.74) is 4.86. The van der Waals surface area contributed by atoms with E-state index in [1.807, 2.05) is 6.92 Å². The summed E-state index contributed by atoms with van der Waals surface area (Å²) in [6, 6.07) is 2.26. The Morgan fingerprint density at radius 2 is 2.06 bits per heavy atom. The highest BCUT2D eigenvalue weighted by Gasteiger charge is 2.24. The van der Waals surface area contributed by atoms with E-state index in [1.54, 1.807) is 6.92 Å². The van der Waals surface area contributed by atoms with Gasteiger partial charge in [-0.15, -0.1) is 0 Å². The molecule has 5 heteroatoms. The number of aliphatic hydroxyl groups is 1. The molecule has 3 nitrogen and oxygen atoms in total. The molecule has 1 aromatic rings. The summed E-state index contributed by atoms with van der Waals surface area (Å²) in [5.74, 6) is -1.98. The molecule has 16 heavy (non-hydrogen) atoms. The van der Waals surface area contributed by atoms with Crippen LogP contribution in [0.2, 0.25) is 0 Å². The maximum absolute atomic E-state index is 13.5. The molecule has 1 aromatic carbocycles. The Balaban J connectivity index is 3.10. The third kappa shape index (κ3) is 2.41. The maximum Gasteiger partial charge on any atom is 0.183 e. The molecule has 1 unspecified atom stereocenters. The van der Waals surface area contributed by atoms with Crippen molar-refractivity contribution in [3.63, 3.8) is 0 Å². The first-order valence-corrected chi connectivity index (χ1v) is 5.06. The fourth-order valence-corrected chi connectivity index (χ4v) is 1.23. The van der Waals surface area contributed by atoms with Crippen LogP contribution in [0.4, 0.5) is 20.2 Å². The second-order valence-electron chi connectivity index (χ2n) is 4.02. The predicted molar refractivity (Wildman–Crippen MR) is 60.2 cm³/mol. The van der Waals surface area contributed by atoms with Crippen LogP contribution in [0.15, 0.2) is 12.1 Å². The fraction of sp³-hybridized carbons (Fsp3) is 0.455. The van der Waals surface area contributed by atoms with E-state index < -0.39 is 17.2 Å². The van der Waals surface area contributed by atoms with E-state index in [0.29, 0.717) is 6.42 Å². The van der Waals surface area contributed by atoms with Crippen molar-refractivity contribution < 1.29 is 13.9 Å². The summed E-state index contributed by atoms with van der Waals surface area (Å²) in [6.45, 7) is 3.34. The Labute approximate surface area is 93.3 Å². The molecule has 1 rings (SSSR count). The lowest BCUT2D eigenvalue weighted by Gasteiger charge is -2.29. The second kappa shape index (κ2) is 4.65. The highest BCUT2D eigenvalue weighted by atomic mass is 19.2. The number of nitrogen functional groups attached to an aromatic ring is 1. The summed E-state index contributed by atoms with van der Waals surface area (Å²) in [4.78, 5) is 0. The van der Waals surface area contributed by atoms with Crippen molar-refractivity contribution in [3.8, 4) is 0 Å². The molecule has 0 aliphatic carbocycles. The molecule has 0 aliphatic rings. The van der Waals surface area contributed by atoms with Gasteiger partial charge in [0.15, 0.2) is 11.6 Å². The number of nitrogens with one attached hydrogen (secondary N) is 1. The third-order valence-electron chi connectivity index (χ3n) is 2.68. The molecule has 0 spiro atoms. The minimum atomic E-state index is -1.02. The first-order valence-electron chi connectivity index (χ1n) is 5.06. The molecule has 0 amide bonds. The van der Waals surface area contributed by atoms with Gasteiger partial charge in [-0.3, -0.25) is 0 Å². The molecule has 0 fully saturated rings. The van der Waals surface area contributed by atoms with Gasteiger partial charge in [0, 0.05) is 0 Å². The van der Waals surface area contributed by atoms with Crippen molar-refractivity contribution in [2.24, 2.45) is 0 Å². The van der Waals surface area contributed by atoms with Crippen molar-refractivity contribution in [3.05, 3.63) is 23.8 Å². The minimum Gasteiger partial charge on any atom is -0.397 e. The maximum atomic E-state index is 13.5. The van der Waals surface area contributed by atoms with Crippen molar-refractivity contribution in [2.75, 3.05) is 17.7 Å². The topological polar surface area (TPSA) is 58.3 Å². The van der Waals surface area contributed by atoms with Crippen LogP contribution in [0.25, 0.3) is 0 Å². The Kier molecular flexibility index (Phi) is 3.70. The smallest absolute Gasteiger partial charge is 0.183 e. The van der Waals surface area contributed by atoms with Gasteiger partial charge in [-0.1, -0.05) is 6.92 Å². The molecule has 0 heterocycles. The largest absolute Gasteiger partial charge is 0.397 e. The standard InChI is InChI=1S/C11H16F2N2O/c1-3-11(2,6-16)15-10-8(14)5-4-7(12)9(10)13/h4-5,15-16H,3,6,14H2,1-2H3. The van der Waals surface area contributed by atoms with E-state index in [4.69, 9.17) is 5.73 Å². The van der Waals surface area contributed by atoms with Crippen LogP contribution in [0, 0.1) is 11.6 Å². The predicted octanol–water partition coefficient (Wildman–Crippen LogP) is 2.12. The number of hydrogen-bond donors (Lipinski definition) is 3. The molecule has 0 saturated heterocycles. The van der Waals surface area contributed by atoms with E-state index in [0.717, 1.165) is 6.07 Å². The lowest BCUT2D eigenvalue weighted by atomic mass is 9.99. The van der Waals surface area contributed by atoms with Gasteiger partial charge in [0.05, 0.1) is 23.5 Å². The van der Waals surface area contributed by atoms with Gasteiger partial charge >= 0.3 is 0 Å². The number of aliphatic hydroxyl groups excluding tert-OH is 1. The number of halogens is 2. The lowest BCUT2D eigenvalue weighted by Crippen LogP contribution is -2.38. The zero-order valence-corrected chi connectivity index (χ0v) is 9.35. The first kappa shape index (κ1) is 12.7. The first-order chi connectivity index (χ1) is 7.43. The number of benzene rings is 1. The summed E-state index contributed by atoms with van der Waals surface area (Å²) < 4.78 is 26.5. The molecule has 1 atom stereocenters. The van der Waals surface area contributed by atoms with Gasteiger partial charge in [-0.25, -0.2) is 8.78 Å². The highest BCUT2D eigenvalue weighted by molar-refractivity contribution is 5.67. The Morgan fingerprint density at radius 1 is 1.44 bits per heavy atom. The molecule has 0 aromatic heterocycles. The van der Waals surface area contributed by atoms with Gasteiger partial charge in [0.1, 0.15) is 0 Å². The second-order valence-corrected chi connectivity index (χ2v) is 4.02. The fourth-order valence-electron chi connectivity index (χ4n) is 1.23. The van der Waals surface area contributed by atoms with Crippen molar-refractivity contribution in [2.45, 2.75) is 25.8 Å². The van der Waals surface area contributed by atoms with Crippen LogP contribution < -0.4 is 11.1 Å².